The Kier molecular flexibility index (Phi) is 7.45. The molecule has 1 heterocycles. The van der Waals surface area contributed by atoms with Crippen molar-refractivity contribution in [1.82, 2.24) is 10.2 Å². The van der Waals surface area contributed by atoms with Gasteiger partial charge in [-0.05, 0) is 26.1 Å². The number of rotatable bonds is 7. The molecule has 2 unspecified atom stereocenters. The molecule has 1 saturated heterocycles. The van der Waals surface area contributed by atoms with E-state index in [9.17, 15) is 0 Å². The Labute approximate surface area is 104 Å². The van der Waals surface area contributed by atoms with Gasteiger partial charge in [-0.15, -0.1) is 0 Å². The normalized spacial score (nSPS) is 23.6. The van der Waals surface area contributed by atoms with Crippen LogP contribution in [0, 0.1) is 0 Å². The molecule has 3 nitrogen and oxygen atoms in total. The smallest absolute Gasteiger partial charge is 0.0712 e. The maximum absolute atomic E-state index is 5.71. The molecule has 0 aromatic heterocycles. The Balaban J connectivity index is 2.18. The summed E-state index contributed by atoms with van der Waals surface area (Å²) in [5.41, 5.74) is 0. The summed E-state index contributed by atoms with van der Waals surface area (Å²) in [6.45, 7) is 6.32. The molecular weight excluding hydrogens is 220 g/mol. The van der Waals surface area contributed by atoms with Crippen molar-refractivity contribution in [2.75, 3.05) is 45.3 Å². The molecule has 0 saturated carbocycles. The van der Waals surface area contributed by atoms with Crippen LogP contribution in [0.1, 0.15) is 19.8 Å². The van der Waals surface area contributed by atoms with Crippen LogP contribution in [0.4, 0.5) is 0 Å². The van der Waals surface area contributed by atoms with Crippen LogP contribution in [-0.4, -0.2) is 62.3 Å². The quantitative estimate of drug-likeness (QED) is 0.735. The molecule has 4 heteroatoms. The number of hydrogen-bond acceptors (Lipinski definition) is 4. The summed E-state index contributed by atoms with van der Waals surface area (Å²) < 4.78 is 5.71. The summed E-state index contributed by atoms with van der Waals surface area (Å²) in [4.78, 5) is 2.48. The zero-order valence-corrected chi connectivity index (χ0v) is 11.7. The number of hydrogen-bond donors (Lipinski definition) is 1. The first-order valence-electron chi connectivity index (χ1n) is 6.29. The van der Waals surface area contributed by atoms with E-state index in [0.717, 1.165) is 32.7 Å². The Morgan fingerprint density at radius 1 is 1.56 bits per heavy atom. The highest BCUT2D eigenvalue weighted by Crippen LogP contribution is 2.10. The molecule has 2 atom stereocenters. The van der Waals surface area contributed by atoms with Crippen LogP contribution < -0.4 is 5.32 Å². The highest BCUT2D eigenvalue weighted by atomic mass is 32.2. The summed E-state index contributed by atoms with van der Waals surface area (Å²) >= 11 is 1.94. The van der Waals surface area contributed by atoms with Gasteiger partial charge in [-0.1, -0.05) is 6.92 Å². The van der Waals surface area contributed by atoms with Crippen molar-refractivity contribution in [2.45, 2.75) is 31.9 Å². The first-order chi connectivity index (χ1) is 7.77. The van der Waals surface area contributed by atoms with Gasteiger partial charge in [-0.2, -0.15) is 11.8 Å². The van der Waals surface area contributed by atoms with Crippen LogP contribution in [0.25, 0.3) is 0 Å². The highest BCUT2D eigenvalue weighted by molar-refractivity contribution is 7.98. The fourth-order valence-electron chi connectivity index (χ4n) is 2.08. The third kappa shape index (κ3) is 5.04. The summed E-state index contributed by atoms with van der Waals surface area (Å²) in [7, 11) is 2.24. The van der Waals surface area contributed by atoms with Crippen molar-refractivity contribution in [3.8, 4) is 0 Å². The molecule has 0 radical (unpaired) electrons. The first-order valence-corrected chi connectivity index (χ1v) is 7.68. The van der Waals surface area contributed by atoms with Crippen molar-refractivity contribution in [2.24, 2.45) is 0 Å². The predicted molar refractivity (Wildman–Crippen MR) is 72.3 cm³/mol. The van der Waals surface area contributed by atoms with Gasteiger partial charge in [-0.25, -0.2) is 0 Å². The minimum Gasteiger partial charge on any atom is -0.376 e. The second-order valence-electron chi connectivity index (χ2n) is 4.48. The van der Waals surface area contributed by atoms with Crippen LogP contribution in [0.15, 0.2) is 0 Å². The second-order valence-corrected chi connectivity index (χ2v) is 5.39. The lowest BCUT2D eigenvalue weighted by Crippen LogP contribution is -2.41. The molecular formula is C12H26N2OS. The average Bonchev–Trinajstić information content (AvgIpc) is 2.34. The summed E-state index contributed by atoms with van der Waals surface area (Å²) in [5.74, 6) is 1.23. The average molecular weight is 246 g/mol. The minimum atomic E-state index is 0.419. The standard InChI is InChI=1S/C12H26N2OS/c1-4-11(10-16-3)14(2)7-5-12-9-13-6-8-15-12/h11-13H,4-10H2,1-3H3. The van der Waals surface area contributed by atoms with Crippen LogP contribution in [-0.2, 0) is 4.74 Å². The van der Waals surface area contributed by atoms with E-state index in [1.807, 2.05) is 11.8 Å². The fourth-order valence-corrected chi connectivity index (χ4v) is 2.96. The number of morpholine rings is 1. The number of nitrogens with one attached hydrogen (secondary N) is 1. The van der Waals surface area contributed by atoms with Gasteiger partial charge in [0.1, 0.15) is 0 Å². The van der Waals surface area contributed by atoms with E-state index in [-0.39, 0.29) is 0 Å². The van der Waals surface area contributed by atoms with E-state index < -0.39 is 0 Å². The molecule has 1 fully saturated rings. The Morgan fingerprint density at radius 2 is 2.38 bits per heavy atom. The van der Waals surface area contributed by atoms with Gasteiger partial charge in [0.15, 0.2) is 0 Å². The van der Waals surface area contributed by atoms with E-state index >= 15 is 0 Å². The van der Waals surface area contributed by atoms with Crippen molar-refractivity contribution in [3.63, 3.8) is 0 Å². The molecule has 96 valence electrons. The first kappa shape index (κ1) is 14.3. The molecule has 16 heavy (non-hydrogen) atoms. The lowest BCUT2D eigenvalue weighted by molar-refractivity contribution is 0.0169. The van der Waals surface area contributed by atoms with Crippen molar-refractivity contribution < 1.29 is 4.74 Å². The lowest BCUT2D eigenvalue weighted by Gasteiger charge is -2.30. The maximum Gasteiger partial charge on any atom is 0.0712 e. The molecule has 1 aliphatic heterocycles. The third-order valence-corrected chi connectivity index (χ3v) is 3.98. The van der Waals surface area contributed by atoms with Crippen molar-refractivity contribution in [1.29, 1.82) is 0 Å². The Morgan fingerprint density at radius 3 is 2.94 bits per heavy atom. The molecule has 0 amide bonds. The van der Waals surface area contributed by atoms with E-state index in [1.54, 1.807) is 0 Å². The third-order valence-electron chi connectivity index (χ3n) is 3.26. The highest BCUT2D eigenvalue weighted by Gasteiger charge is 2.16. The number of ether oxygens (including phenoxy) is 1. The van der Waals surface area contributed by atoms with Crippen LogP contribution in [0.2, 0.25) is 0 Å². The largest absolute Gasteiger partial charge is 0.376 e. The van der Waals surface area contributed by atoms with Crippen LogP contribution in [0.5, 0.6) is 0 Å². The summed E-state index contributed by atoms with van der Waals surface area (Å²) in [5, 5.41) is 3.38. The van der Waals surface area contributed by atoms with Gasteiger partial charge >= 0.3 is 0 Å². The number of thioether (sulfide) groups is 1. The number of nitrogens with zero attached hydrogens (tertiary/aromatic N) is 1. The monoisotopic (exact) mass is 246 g/mol. The lowest BCUT2D eigenvalue weighted by atomic mass is 10.2. The zero-order chi connectivity index (χ0) is 11.8. The van der Waals surface area contributed by atoms with Gasteiger partial charge in [-0.3, -0.25) is 0 Å². The second kappa shape index (κ2) is 8.34. The van der Waals surface area contributed by atoms with Gasteiger partial charge in [0.25, 0.3) is 0 Å². The molecule has 1 N–H and O–H groups in total. The fraction of sp³-hybridized carbons (Fsp3) is 1.00. The van der Waals surface area contributed by atoms with Gasteiger partial charge in [0.05, 0.1) is 12.7 Å². The zero-order valence-electron chi connectivity index (χ0n) is 10.9. The molecule has 1 rings (SSSR count). The van der Waals surface area contributed by atoms with Crippen LogP contribution >= 0.6 is 11.8 Å². The molecule has 0 aliphatic carbocycles. The van der Waals surface area contributed by atoms with Gasteiger partial charge in [0.2, 0.25) is 0 Å². The topological polar surface area (TPSA) is 24.5 Å². The van der Waals surface area contributed by atoms with E-state index in [0.29, 0.717) is 12.1 Å². The van der Waals surface area contributed by atoms with Crippen LogP contribution in [0.3, 0.4) is 0 Å². The molecule has 0 aromatic carbocycles. The Hall–Kier alpha value is 0.230. The van der Waals surface area contributed by atoms with Crippen molar-refractivity contribution in [3.05, 3.63) is 0 Å². The maximum atomic E-state index is 5.71. The molecule has 1 aliphatic rings. The predicted octanol–water partition coefficient (Wildman–Crippen LogP) is 1.44. The summed E-state index contributed by atoms with van der Waals surface area (Å²) in [6, 6.07) is 0.714. The van der Waals surface area contributed by atoms with E-state index in [2.05, 4.69) is 30.4 Å². The Bertz CT molecular complexity index is 174. The molecule has 0 bridgehead atoms. The molecule has 0 aromatic rings. The molecule has 0 spiro atoms. The SMILES string of the molecule is CCC(CSC)N(C)CCC1CNCCO1. The van der Waals surface area contributed by atoms with Gasteiger partial charge in [0, 0.05) is 31.4 Å². The van der Waals surface area contributed by atoms with Gasteiger partial charge < -0.3 is 15.0 Å². The minimum absolute atomic E-state index is 0.419. The van der Waals surface area contributed by atoms with Crippen molar-refractivity contribution >= 4 is 11.8 Å². The van der Waals surface area contributed by atoms with E-state index in [1.165, 1.54) is 12.2 Å². The van der Waals surface area contributed by atoms with E-state index in [4.69, 9.17) is 4.74 Å². The summed E-state index contributed by atoms with van der Waals surface area (Å²) in [6.07, 6.45) is 4.99.